The third-order valence-electron chi connectivity index (χ3n) is 7.32. The quantitative estimate of drug-likeness (QED) is 0.231. The van der Waals surface area contributed by atoms with Crippen LogP contribution in [0.1, 0.15) is 46.6 Å². The molecule has 0 radical (unpaired) electrons. The van der Waals surface area contributed by atoms with Crippen molar-refractivity contribution in [2.45, 2.75) is 58.2 Å². The maximum absolute atomic E-state index is 14.1. The van der Waals surface area contributed by atoms with Crippen LogP contribution in [0.25, 0.3) is 16.9 Å². The third-order valence-corrected chi connectivity index (χ3v) is 7.32. The predicted molar refractivity (Wildman–Crippen MR) is 165 cm³/mol. The number of likely N-dealkylation sites (tertiary alicyclic amines) is 1. The minimum atomic E-state index is -0.551. The summed E-state index contributed by atoms with van der Waals surface area (Å²) in [4.78, 5) is 37.8. The molecule has 5 rings (SSSR count). The largest absolute Gasteiger partial charge is 0.457 e. The highest BCUT2D eigenvalue weighted by Gasteiger charge is 2.32. The van der Waals surface area contributed by atoms with E-state index in [1.165, 1.54) is 10.9 Å². The Labute approximate surface area is 250 Å². The Morgan fingerprint density at radius 1 is 1.14 bits per heavy atom. The molecule has 2 aromatic heterocycles. The van der Waals surface area contributed by atoms with Gasteiger partial charge in [-0.1, -0.05) is 32.0 Å². The number of amides is 1. The van der Waals surface area contributed by atoms with E-state index < -0.39 is 5.54 Å². The number of nitrogens with zero attached hydrogens (tertiary/aromatic N) is 6. The van der Waals surface area contributed by atoms with Gasteiger partial charge in [0.15, 0.2) is 11.5 Å². The SMILES string of the molecule is CC(C)NC(C)(C)C=C(C#N)C(=O)N1CCC[C@H](n2c(=O)n(-c3ccc(Oc4ccccc4)cc3)c3c(N)ncnc32)C1. The molecule has 1 atom stereocenters. The number of ether oxygens (including phenoxy) is 1. The standard InChI is InChI=1S/C32H36N8O3/c1-21(2)37-32(3,4)17-22(18-33)30(41)38-16-8-9-24(19-38)40-29-27(28(34)35-20-36-29)39(31(40)42)23-12-14-26(15-13-23)43-25-10-6-5-7-11-25/h5-7,10-15,17,20-21,24,37H,8-9,16,19H2,1-4H3,(H2,34,35,36)/t24-/m0/s1. The molecular formula is C32H36N8O3. The van der Waals surface area contributed by atoms with Crippen molar-refractivity contribution >= 4 is 22.9 Å². The highest BCUT2D eigenvalue weighted by Crippen LogP contribution is 2.29. The summed E-state index contributed by atoms with van der Waals surface area (Å²) >= 11 is 0. The Hall–Kier alpha value is -4.95. The lowest BCUT2D eigenvalue weighted by Gasteiger charge is -2.33. The van der Waals surface area contributed by atoms with E-state index in [2.05, 4.69) is 21.4 Å². The molecular weight excluding hydrogens is 544 g/mol. The summed E-state index contributed by atoms with van der Waals surface area (Å²) < 4.78 is 9.01. The fourth-order valence-electron chi connectivity index (χ4n) is 5.73. The molecule has 1 saturated heterocycles. The van der Waals surface area contributed by atoms with Crippen molar-refractivity contribution in [2.75, 3.05) is 18.8 Å². The van der Waals surface area contributed by atoms with Crippen LogP contribution in [0, 0.1) is 11.3 Å². The molecule has 222 valence electrons. The van der Waals surface area contributed by atoms with Gasteiger partial charge in [0, 0.05) is 24.7 Å². The van der Waals surface area contributed by atoms with Crippen molar-refractivity contribution < 1.29 is 9.53 Å². The van der Waals surface area contributed by atoms with Gasteiger partial charge in [-0.15, -0.1) is 0 Å². The molecule has 0 saturated carbocycles. The number of carbonyl (C=O) groups excluding carboxylic acids is 1. The molecule has 0 aliphatic carbocycles. The highest BCUT2D eigenvalue weighted by molar-refractivity contribution is 5.97. The van der Waals surface area contributed by atoms with E-state index in [9.17, 15) is 14.9 Å². The lowest BCUT2D eigenvalue weighted by atomic mass is 9.98. The molecule has 3 heterocycles. The van der Waals surface area contributed by atoms with Crippen LogP contribution < -0.4 is 21.5 Å². The van der Waals surface area contributed by atoms with Gasteiger partial charge in [0.25, 0.3) is 5.91 Å². The van der Waals surface area contributed by atoms with E-state index in [0.717, 1.165) is 0 Å². The van der Waals surface area contributed by atoms with Crippen molar-refractivity contribution in [3.63, 3.8) is 0 Å². The van der Waals surface area contributed by atoms with Crippen LogP contribution in [0.5, 0.6) is 11.5 Å². The Kier molecular flexibility index (Phi) is 8.32. The van der Waals surface area contributed by atoms with Gasteiger partial charge in [-0.05, 0) is 69.2 Å². The van der Waals surface area contributed by atoms with E-state index >= 15 is 0 Å². The molecule has 0 unspecified atom stereocenters. The highest BCUT2D eigenvalue weighted by atomic mass is 16.5. The van der Waals surface area contributed by atoms with Gasteiger partial charge in [0.05, 0.1) is 11.7 Å². The van der Waals surface area contributed by atoms with E-state index in [1.807, 2.05) is 58.0 Å². The first-order valence-corrected chi connectivity index (χ1v) is 14.3. The molecule has 3 N–H and O–H groups in total. The second kappa shape index (κ2) is 12.1. The van der Waals surface area contributed by atoms with Crippen LogP contribution in [0.4, 0.5) is 5.82 Å². The monoisotopic (exact) mass is 580 g/mol. The summed E-state index contributed by atoms with van der Waals surface area (Å²) in [6.45, 7) is 8.61. The van der Waals surface area contributed by atoms with Crippen molar-refractivity contribution in [3.05, 3.63) is 83.1 Å². The average Bonchev–Trinajstić information content (AvgIpc) is 3.28. The fraction of sp³-hybridized carbons (Fsp3) is 0.344. The number of nitrogens with two attached hydrogens (primary N) is 1. The molecule has 43 heavy (non-hydrogen) atoms. The molecule has 2 aromatic carbocycles. The molecule has 1 amide bonds. The molecule has 1 aliphatic heterocycles. The second-order valence-electron chi connectivity index (χ2n) is 11.6. The van der Waals surface area contributed by atoms with Gasteiger partial charge in [-0.3, -0.25) is 13.9 Å². The number of benzene rings is 2. The smallest absolute Gasteiger partial charge is 0.335 e. The summed E-state index contributed by atoms with van der Waals surface area (Å²) in [5.41, 5.74) is 6.84. The number of nitrogens with one attached hydrogen (secondary N) is 1. The lowest BCUT2D eigenvalue weighted by molar-refractivity contribution is -0.128. The van der Waals surface area contributed by atoms with Crippen molar-refractivity contribution in [3.8, 4) is 23.3 Å². The van der Waals surface area contributed by atoms with Crippen molar-refractivity contribution in [1.29, 1.82) is 5.26 Å². The number of rotatable bonds is 8. The molecule has 4 aromatic rings. The molecule has 0 bridgehead atoms. The van der Waals surface area contributed by atoms with Gasteiger partial charge in [0.2, 0.25) is 0 Å². The first kappa shape index (κ1) is 29.5. The number of aromatic nitrogens is 4. The minimum absolute atomic E-state index is 0.0676. The van der Waals surface area contributed by atoms with Gasteiger partial charge in [-0.25, -0.2) is 14.8 Å². The molecule has 0 spiro atoms. The lowest BCUT2D eigenvalue weighted by Crippen LogP contribution is -2.45. The van der Waals surface area contributed by atoms with E-state index in [4.69, 9.17) is 10.5 Å². The number of nitrogen functional groups attached to an aromatic ring is 1. The van der Waals surface area contributed by atoms with Gasteiger partial charge in [-0.2, -0.15) is 5.26 Å². The normalized spacial score (nSPS) is 16.0. The van der Waals surface area contributed by atoms with Gasteiger partial charge >= 0.3 is 5.69 Å². The second-order valence-corrected chi connectivity index (χ2v) is 11.6. The van der Waals surface area contributed by atoms with E-state index in [0.29, 0.717) is 47.7 Å². The average molecular weight is 581 g/mol. The van der Waals surface area contributed by atoms with Gasteiger partial charge in [0.1, 0.15) is 35.0 Å². The summed E-state index contributed by atoms with van der Waals surface area (Å²) in [7, 11) is 0. The number of hydrogen-bond acceptors (Lipinski definition) is 8. The Morgan fingerprint density at radius 2 is 1.84 bits per heavy atom. The van der Waals surface area contributed by atoms with Crippen LogP contribution in [-0.2, 0) is 4.79 Å². The maximum Gasteiger partial charge on any atom is 0.335 e. The number of hydrogen-bond donors (Lipinski definition) is 2. The predicted octanol–water partition coefficient (Wildman–Crippen LogP) is 4.35. The van der Waals surface area contributed by atoms with Crippen molar-refractivity contribution in [2.24, 2.45) is 0 Å². The molecule has 1 aliphatic rings. The Morgan fingerprint density at radius 3 is 2.51 bits per heavy atom. The number of nitriles is 1. The maximum atomic E-state index is 14.1. The first-order valence-electron chi connectivity index (χ1n) is 14.3. The molecule has 11 nitrogen and oxygen atoms in total. The topological polar surface area (TPSA) is 144 Å². The number of para-hydroxylation sites is 1. The summed E-state index contributed by atoms with van der Waals surface area (Å²) in [6.07, 6.45) is 4.33. The zero-order chi connectivity index (χ0) is 30.7. The van der Waals surface area contributed by atoms with Crippen molar-refractivity contribution in [1.82, 2.24) is 29.3 Å². The first-order chi connectivity index (χ1) is 20.6. The molecule has 11 heteroatoms. The van der Waals surface area contributed by atoms with Crippen LogP contribution in [0.3, 0.4) is 0 Å². The zero-order valence-electron chi connectivity index (χ0n) is 24.8. The minimum Gasteiger partial charge on any atom is -0.457 e. The number of fused-ring (bicyclic) bond motifs is 1. The van der Waals surface area contributed by atoms with Crippen LogP contribution in [0.2, 0.25) is 0 Å². The van der Waals surface area contributed by atoms with Gasteiger partial charge < -0.3 is 20.7 Å². The number of piperidine rings is 1. The van der Waals surface area contributed by atoms with Crippen LogP contribution in [0.15, 0.2) is 77.4 Å². The number of anilines is 1. The summed E-state index contributed by atoms with van der Waals surface area (Å²) in [6, 6.07) is 18.4. The zero-order valence-corrected chi connectivity index (χ0v) is 24.8. The number of imidazole rings is 1. The van der Waals surface area contributed by atoms with Crippen LogP contribution >= 0.6 is 0 Å². The summed E-state index contributed by atoms with van der Waals surface area (Å²) in [5, 5.41) is 13.2. The van der Waals surface area contributed by atoms with Crippen LogP contribution in [-0.4, -0.2) is 54.6 Å². The summed E-state index contributed by atoms with van der Waals surface area (Å²) in [5.74, 6) is 1.13. The Balaban J connectivity index is 1.47. The fourth-order valence-corrected chi connectivity index (χ4v) is 5.73. The van der Waals surface area contributed by atoms with E-state index in [-0.39, 0.29) is 41.6 Å². The Bertz CT molecular complexity index is 1750. The third kappa shape index (κ3) is 6.29. The van der Waals surface area contributed by atoms with E-state index in [1.54, 1.807) is 39.8 Å². The molecule has 1 fully saturated rings. The number of carbonyl (C=O) groups is 1.